The normalized spacial score (nSPS) is 22.0. The summed E-state index contributed by atoms with van der Waals surface area (Å²) in [5, 5.41) is 10.1. The van der Waals surface area contributed by atoms with Gasteiger partial charge in [-0.1, -0.05) is 12.1 Å². The number of H-pyrrole nitrogens is 1. The molecule has 1 saturated heterocycles. The maximum Gasteiger partial charge on any atom is 0.423 e. The molecule has 158 valence electrons. The first-order valence-electron chi connectivity index (χ1n) is 8.66. The van der Waals surface area contributed by atoms with Gasteiger partial charge in [0.2, 0.25) is 0 Å². The van der Waals surface area contributed by atoms with Crippen LogP contribution in [0.25, 0.3) is 0 Å². The number of aliphatic hydroxyl groups is 1. The van der Waals surface area contributed by atoms with Crippen LogP contribution in [-0.4, -0.2) is 40.6 Å². The van der Waals surface area contributed by atoms with E-state index in [1.54, 1.807) is 36.4 Å². The van der Waals surface area contributed by atoms with Gasteiger partial charge < -0.3 is 19.3 Å². The molecule has 1 fully saturated rings. The smallest absolute Gasteiger partial charge is 0.423 e. The minimum Gasteiger partial charge on any atom is -0.497 e. The Hall–Kier alpha value is -2.63. The number of hydrogen-bond donors (Lipinski definition) is 2. The van der Waals surface area contributed by atoms with E-state index in [1.807, 2.05) is 0 Å². The van der Waals surface area contributed by atoms with E-state index in [2.05, 4.69) is 0 Å². The Kier molecular flexibility index (Phi) is 6.10. The van der Waals surface area contributed by atoms with Crippen LogP contribution in [0.4, 0.5) is 13.2 Å². The van der Waals surface area contributed by atoms with E-state index in [0.29, 0.717) is 16.5 Å². The number of ether oxygens (including phenoxy) is 3. The molecule has 1 unspecified atom stereocenters. The van der Waals surface area contributed by atoms with E-state index in [4.69, 9.17) is 14.2 Å². The third-order valence-corrected chi connectivity index (χ3v) is 4.50. The molecule has 0 aliphatic carbocycles. The molecule has 1 aliphatic heterocycles. The molecule has 0 amide bonds. The standard InChI is InChI=1S/C18H19F3N2O6/c1-27-11-4-2-10(3-5-11)8-28-9-14-13(24)6-15(29-14)23-7-12(18(19,20)21)16(25)22-17(23)26/h2-5,7,13-15,24H,6,8-9H2,1H3,(H,22,25,26)/t13?,14-,15-/m0/s1. The van der Waals surface area contributed by atoms with Crippen molar-refractivity contribution in [2.45, 2.75) is 37.6 Å². The van der Waals surface area contributed by atoms with Crippen molar-refractivity contribution in [1.29, 1.82) is 0 Å². The van der Waals surface area contributed by atoms with Crippen LogP contribution < -0.4 is 16.0 Å². The lowest BCUT2D eigenvalue weighted by atomic mass is 10.2. The molecule has 1 aromatic carbocycles. The van der Waals surface area contributed by atoms with E-state index in [9.17, 15) is 27.9 Å². The number of nitrogens with one attached hydrogen (secondary N) is 1. The van der Waals surface area contributed by atoms with Crippen molar-refractivity contribution in [3.05, 3.63) is 62.4 Å². The number of aliphatic hydroxyl groups excluding tert-OH is 1. The number of rotatable bonds is 6. The molecule has 2 aromatic rings. The molecule has 0 bridgehead atoms. The predicted octanol–water partition coefficient (Wildman–Crippen LogP) is 1.43. The molecule has 0 radical (unpaired) electrons. The SMILES string of the molecule is COc1ccc(COC[C@@H]2O[C@H](n3cc(C(F)(F)F)c(=O)[nH]c3=O)CC2O)cc1. The van der Waals surface area contributed by atoms with E-state index >= 15 is 0 Å². The van der Waals surface area contributed by atoms with Gasteiger partial charge in [0.25, 0.3) is 5.56 Å². The Morgan fingerprint density at radius 2 is 1.97 bits per heavy atom. The number of benzene rings is 1. The molecule has 2 N–H and O–H groups in total. The number of halogens is 3. The van der Waals surface area contributed by atoms with Gasteiger partial charge in [-0.2, -0.15) is 13.2 Å². The van der Waals surface area contributed by atoms with E-state index in [1.165, 1.54) is 0 Å². The Labute approximate surface area is 162 Å². The Bertz CT molecular complexity index is 954. The van der Waals surface area contributed by atoms with Crippen LogP contribution in [0.1, 0.15) is 23.8 Å². The van der Waals surface area contributed by atoms with Gasteiger partial charge >= 0.3 is 11.9 Å². The van der Waals surface area contributed by atoms with Gasteiger partial charge in [-0.15, -0.1) is 0 Å². The third-order valence-electron chi connectivity index (χ3n) is 4.50. The fourth-order valence-electron chi connectivity index (χ4n) is 2.95. The fraction of sp³-hybridized carbons (Fsp3) is 0.444. The molecule has 0 spiro atoms. The van der Waals surface area contributed by atoms with Crippen molar-refractivity contribution in [3.8, 4) is 5.75 Å². The Morgan fingerprint density at radius 3 is 2.59 bits per heavy atom. The van der Waals surface area contributed by atoms with Crippen molar-refractivity contribution in [3.63, 3.8) is 0 Å². The van der Waals surface area contributed by atoms with Crippen LogP contribution in [0.15, 0.2) is 40.1 Å². The second kappa shape index (κ2) is 8.39. The zero-order valence-electron chi connectivity index (χ0n) is 15.3. The number of methoxy groups -OCH3 is 1. The predicted molar refractivity (Wildman–Crippen MR) is 93.5 cm³/mol. The van der Waals surface area contributed by atoms with Crippen molar-refractivity contribution in [2.75, 3.05) is 13.7 Å². The number of aromatic amines is 1. The summed E-state index contributed by atoms with van der Waals surface area (Å²) in [5.74, 6) is 0.690. The molecule has 3 atom stereocenters. The van der Waals surface area contributed by atoms with Crippen LogP contribution in [0.3, 0.4) is 0 Å². The van der Waals surface area contributed by atoms with Crippen molar-refractivity contribution in [2.24, 2.45) is 0 Å². The minimum absolute atomic E-state index is 0.0338. The first kappa shape index (κ1) is 21.1. The summed E-state index contributed by atoms with van der Waals surface area (Å²) in [6.45, 7) is 0.187. The maximum atomic E-state index is 12.9. The molecule has 1 aliphatic rings. The zero-order chi connectivity index (χ0) is 21.2. The monoisotopic (exact) mass is 416 g/mol. The lowest BCUT2D eigenvalue weighted by molar-refractivity contribution is -0.139. The highest BCUT2D eigenvalue weighted by molar-refractivity contribution is 5.26. The van der Waals surface area contributed by atoms with E-state index in [0.717, 1.165) is 5.56 Å². The maximum absolute atomic E-state index is 12.9. The first-order valence-corrected chi connectivity index (χ1v) is 8.66. The van der Waals surface area contributed by atoms with Gasteiger partial charge in [-0.05, 0) is 17.7 Å². The van der Waals surface area contributed by atoms with Gasteiger partial charge in [0, 0.05) is 12.6 Å². The van der Waals surface area contributed by atoms with E-state index < -0.39 is 41.4 Å². The summed E-state index contributed by atoms with van der Waals surface area (Å²) in [4.78, 5) is 24.9. The van der Waals surface area contributed by atoms with Crippen LogP contribution >= 0.6 is 0 Å². The highest BCUT2D eigenvalue weighted by Gasteiger charge is 2.39. The molecule has 3 rings (SSSR count). The lowest BCUT2D eigenvalue weighted by Crippen LogP contribution is -2.36. The topological polar surface area (TPSA) is 103 Å². The van der Waals surface area contributed by atoms with Gasteiger partial charge in [-0.3, -0.25) is 14.3 Å². The second-order valence-corrected chi connectivity index (χ2v) is 6.50. The average Bonchev–Trinajstić information content (AvgIpc) is 3.01. The van der Waals surface area contributed by atoms with Crippen LogP contribution in [0.2, 0.25) is 0 Å². The zero-order valence-corrected chi connectivity index (χ0v) is 15.3. The summed E-state index contributed by atoms with van der Waals surface area (Å²) in [6, 6.07) is 7.12. The molecule has 29 heavy (non-hydrogen) atoms. The summed E-state index contributed by atoms with van der Waals surface area (Å²) >= 11 is 0. The first-order chi connectivity index (χ1) is 13.7. The number of nitrogens with zero attached hydrogens (tertiary/aromatic N) is 1. The summed E-state index contributed by atoms with van der Waals surface area (Å²) in [5.41, 5.74) is -3.26. The summed E-state index contributed by atoms with van der Waals surface area (Å²) < 4.78 is 55.5. The largest absolute Gasteiger partial charge is 0.497 e. The van der Waals surface area contributed by atoms with Gasteiger partial charge in [0.15, 0.2) is 0 Å². The third kappa shape index (κ3) is 4.86. The number of alkyl halides is 3. The molecule has 1 aromatic heterocycles. The van der Waals surface area contributed by atoms with Crippen LogP contribution in [0.5, 0.6) is 5.75 Å². The quantitative estimate of drug-likeness (QED) is 0.739. The van der Waals surface area contributed by atoms with Crippen LogP contribution in [0, 0.1) is 0 Å². The van der Waals surface area contributed by atoms with Crippen molar-refractivity contribution in [1.82, 2.24) is 9.55 Å². The molecule has 11 heteroatoms. The van der Waals surface area contributed by atoms with Gasteiger partial charge in [-0.25, -0.2) is 4.79 Å². The number of hydrogen-bond acceptors (Lipinski definition) is 6. The highest BCUT2D eigenvalue weighted by Crippen LogP contribution is 2.30. The second-order valence-electron chi connectivity index (χ2n) is 6.50. The van der Waals surface area contributed by atoms with E-state index in [-0.39, 0.29) is 19.6 Å². The average molecular weight is 416 g/mol. The lowest BCUT2D eigenvalue weighted by Gasteiger charge is -2.17. The molecule has 2 heterocycles. The molecule has 8 nitrogen and oxygen atoms in total. The van der Waals surface area contributed by atoms with Gasteiger partial charge in [0.05, 0.1) is 26.4 Å². The molecule has 0 saturated carbocycles. The van der Waals surface area contributed by atoms with Crippen molar-refractivity contribution >= 4 is 0 Å². The fourth-order valence-corrected chi connectivity index (χ4v) is 2.95. The minimum atomic E-state index is -4.93. The molecular weight excluding hydrogens is 397 g/mol. The highest BCUT2D eigenvalue weighted by atomic mass is 19.4. The summed E-state index contributed by atoms with van der Waals surface area (Å²) in [6.07, 6.45) is -7.71. The number of aromatic nitrogens is 2. The van der Waals surface area contributed by atoms with Gasteiger partial charge in [0.1, 0.15) is 23.6 Å². The van der Waals surface area contributed by atoms with Crippen LogP contribution in [-0.2, 0) is 22.3 Å². The summed E-state index contributed by atoms with van der Waals surface area (Å²) in [7, 11) is 1.55. The molecular formula is C18H19F3N2O6. The Morgan fingerprint density at radius 1 is 1.28 bits per heavy atom. The van der Waals surface area contributed by atoms with Crippen molar-refractivity contribution < 1.29 is 32.5 Å². The Balaban J connectivity index is 1.65.